The maximum Gasteiger partial charge on any atom is 0.387 e. The van der Waals surface area contributed by atoms with Crippen molar-refractivity contribution in [2.24, 2.45) is 0 Å². The van der Waals surface area contributed by atoms with Gasteiger partial charge in [-0.15, -0.1) is 0 Å². The van der Waals surface area contributed by atoms with Gasteiger partial charge in [0.1, 0.15) is 5.75 Å². The summed E-state index contributed by atoms with van der Waals surface area (Å²) in [5, 5.41) is 3.93. The molecule has 2 aromatic carbocycles. The summed E-state index contributed by atoms with van der Waals surface area (Å²) in [5.74, 6) is 0.724. The number of hydrogen-bond acceptors (Lipinski definition) is 5. The Labute approximate surface area is 149 Å². The fourth-order valence-electron chi connectivity index (χ4n) is 3.16. The van der Waals surface area contributed by atoms with Crippen molar-refractivity contribution in [3.05, 3.63) is 65.5 Å². The summed E-state index contributed by atoms with van der Waals surface area (Å²) < 4.78 is 35.0. The van der Waals surface area contributed by atoms with Crippen molar-refractivity contribution in [2.45, 2.75) is 26.1 Å². The fraction of sp³-hybridized carbons (Fsp3) is 0.263. The molecule has 1 aromatic heterocycles. The van der Waals surface area contributed by atoms with Crippen molar-refractivity contribution in [3.8, 4) is 17.1 Å². The largest absolute Gasteiger partial charge is 0.434 e. The summed E-state index contributed by atoms with van der Waals surface area (Å²) in [7, 11) is 0. The molecule has 0 bridgehead atoms. The fourth-order valence-corrected chi connectivity index (χ4v) is 3.16. The topological polar surface area (TPSA) is 51.4 Å². The van der Waals surface area contributed by atoms with Gasteiger partial charge in [0.25, 0.3) is 0 Å². The molecule has 0 radical (unpaired) electrons. The van der Waals surface area contributed by atoms with E-state index in [1.54, 1.807) is 18.2 Å². The van der Waals surface area contributed by atoms with Crippen molar-refractivity contribution < 1.29 is 18.0 Å². The number of ether oxygens (including phenoxy) is 1. The first-order chi connectivity index (χ1) is 12.7. The number of halogens is 2. The Morgan fingerprint density at radius 3 is 2.69 bits per heavy atom. The van der Waals surface area contributed by atoms with E-state index in [0.717, 1.165) is 19.5 Å². The molecule has 0 atom stereocenters. The quantitative estimate of drug-likeness (QED) is 0.693. The molecular weight excluding hydrogens is 340 g/mol. The van der Waals surface area contributed by atoms with Gasteiger partial charge in [0, 0.05) is 13.1 Å². The lowest BCUT2D eigenvalue weighted by atomic mass is 10.00. The Kier molecular flexibility index (Phi) is 4.62. The zero-order valence-electron chi connectivity index (χ0n) is 13.9. The monoisotopic (exact) mass is 357 g/mol. The van der Waals surface area contributed by atoms with Crippen LogP contribution in [-0.4, -0.2) is 28.2 Å². The van der Waals surface area contributed by atoms with Gasteiger partial charge in [0.15, 0.2) is 0 Å². The second kappa shape index (κ2) is 7.21. The van der Waals surface area contributed by atoms with Gasteiger partial charge >= 0.3 is 6.61 Å². The lowest BCUT2D eigenvalue weighted by molar-refractivity contribution is -0.0494. The predicted octanol–water partition coefficient (Wildman–Crippen LogP) is 3.90. The van der Waals surface area contributed by atoms with E-state index in [1.165, 1.54) is 17.2 Å². The number of fused-ring (bicyclic) bond motifs is 1. The zero-order chi connectivity index (χ0) is 17.9. The van der Waals surface area contributed by atoms with E-state index in [2.05, 4.69) is 38.0 Å². The molecule has 0 fully saturated rings. The van der Waals surface area contributed by atoms with Gasteiger partial charge in [0.2, 0.25) is 11.7 Å². The standard InChI is InChI=1S/C19H17F2N3O2/c20-19(21)25-16-8-4-3-7-15(16)18-22-17(26-23-18)12-24-10-9-13-5-1-2-6-14(13)11-24/h1-8,19H,9-12H2. The number of nitrogens with zero attached hydrogens (tertiary/aromatic N) is 3. The van der Waals surface area contributed by atoms with E-state index in [0.29, 0.717) is 18.0 Å². The van der Waals surface area contributed by atoms with Crippen LogP contribution in [-0.2, 0) is 19.5 Å². The van der Waals surface area contributed by atoms with Crippen LogP contribution in [0.2, 0.25) is 0 Å². The molecule has 3 aromatic rings. The van der Waals surface area contributed by atoms with E-state index in [4.69, 9.17) is 4.52 Å². The molecule has 7 heteroatoms. The highest BCUT2D eigenvalue weighted by molar-refractivity contribution is 5.63. The highest BCUT2D eigenvalue weighted by atomic mass is 19.3. The summed E-state index contributed by atoms with van der Waals surface area (Å²) in [4.78, 5) is 6.58. The van der Waals surface area contributed by atoms with Gasteiger partial charge in [-0.05, 0) is 29.7 Å². The summed E-state index contributed by atoms with van der Waals surface area (Å²) in [6.07, 6.45) is 0.974. The van der Waals surface area contributed by atoms with E-state index in [1.807, 2.05) is 6.07 Å². The first-order valence-electron chi connectivity index (χ1n) is 8.35. The molecule has 1 aliphatic heterocycles. The van der Waals surface area contributed by atoms with E-state index >= 15 is 0 Å². The van der Waals surface area contributed by atoms with Crippen LogP contribution in [0.25, 0.3) is 11.4 Å². The normalized spacial score (nSPS) is 14.4. The molecule has 0 unspecified atom stereocenters. The summed E-state index contributed by atoms with van der Waals surface area (Å²) >= 11 is 0. The van der Waals surface area contributed by atoms with Gasteiger partial charge in [0.05, 0.1) is 12.1 Å². The van der Waals surface area contributed by atoms with Crippen LogP contribution in [0.4, 0.5) is 8.78 Å². The van der Waals surface area contributed by atoms with Crippen molar-refractivity contribution in [3.63, 3.8) is 0 Å². The van der Waals surface area contributed by atoms with Crippen LogP contribution < -0.4 is 4.74 Å². The van der Waals surface area contributed by atoms with E-state index in [-0.39, 0.29) is 11.6 Å². The second-order valence-corrected chi connectivity index (χ2v) is 6.12. The minimum atomic E-state index is -2.91. The lowest BCUT2D eigenvalue weighted by Crippen LogP contribution is -2.30. The van der Waals surface area contributed by atoms with E-state index < -0.39 is 6.61 Å². The molecule has 26 heavy (non-hydrogen) atoms. The Hall–Kier alpha value is -2.80. The molecule has 0 amide bonds. The molecule has 0 aliphatic carbocycles. The Morgan fingerprint density at radius 1 is 1.08 bits per heavy atom. The molecular formula is C19H17F2N3O2. The Balaban J connectivity index is 1.49. The van der Waals surface area contributed by atoms with Crippen molar-refractivity contribution in [1.82, 2.24) is 15.0 Å². The van der Waals surface area contributed by atoms with Crippen LogP contribution >= 0.6 is 0 Å². The number of aromatic nitrogens is 2. The number of benzene rings is 2. The lowest BCUT2D eigenvalue weighted by Gasteiger charge is -2.27. The maximum atomic E-state index is 12.6. The molecule has 4 rings (SSSR count). The number of para-hydroxylation sites is 1. The van der Waals surface area contributed by atoms with Crippen LogP contribution in [0.1, 0.15) is 17.0 Å². The molecule has 5 nitrogen and oxygen atoms in total. The summed E-state index contributed by atoms with van der Waals surface area (Å²) in [6.45, 7) is -0.672. The molecule has 0 saturated carbocycles. The van der Waals surface area contributed by atoms with Gasteiger partial charge in [-0.1, -0.05) is 41.6 Å². The highest BCUT2D eigenvalue weighted by Gasteiger charge is 2.20. The molecule has 134 valence electrons. The Bertz CT molecular complexity index is 898. The maximum absolute atomic E-state index is 12.6. The third-order valence-electron chi connectivity index (χ3n) is 4.38. The first kappa shape index (κ1) is 16.7. The number of hydrogen-bond donors (Lipinski definition) is 0. The van der Waals surface area contributed by atoms with E-state index in [9.17, 15) is 8.78 Å². The predicted molar refractivity (Wildman–Crippen MR) is 90.6 cm³/mol. The van der Waals surface area contributed by atoms with Crippen LogP contribution in [0.5, 0.6) is 5.75 Å². The Morgan fingerprint density at radius 2 is 1.85 bits per heavy atom. The highest BCUT2D eigenvalue weighted by Crippen LogP contribution is 2.29. The van der Waals surface area contributed by atoms with Gasteiger partial charge in [-0.3, -0.25) is 4.90 Å². The van der Waals surface area contributed by atoms with Crippen molar-refractivity contribution >= 4 is 0 Å². The second-order valence-electron chi connectivity index (χ2n) is 6.12. The van der Waals surface area contributed by atoms with Crippen LogP contribution in [0.15, 0.2) is 53.1 Å². The number of rotatable bonds is 5. The summed E-state index contributed by atoms with van der Waals surface area (Å²) in [5.41, 5.74) is 3.05. The molecule has 0 N–H and O–H groups in total. The first-order valence-corrected chi connectivity index (χ1v) is 8.35. The van der Waals surface area contributed by atoms with Gasteiger partial charge in [-0.25, -0.2) is 0 Å². The van der Waals surface area contributed by atoms with Gasteiger partial charge < -0.3 is 9.26 Å². The smallest absolute Gasteiger partial charge is 0.387 e. The molecule has 0 spiro atoms. The average Bonchev–Trinajstić information content (AvgIpc) is 3.10. The number of alkyl halides is 2. The average molecular weight is 357 g/mol. The molecule has 0 saturated heterocycles. The van der Waals surface area contributed by atoms with Crippen LogP contribution in [0, 0.1) is 0 Å². The SMILES string of the molecule is FC(F)Oc1ccccc1-c1noc(CN2CCc3ccccc3C2)n1. The zero-order valence-corrected chi connectivity index (χ0v) is 13.9. The van der Waals surface area contributed by atoms with Crippen molar-refractivity contribution in [1.29, 1.82) is 0 Å². The van der Waals surface area contributed by atoms with Crippen molar-refractivity contribution in [2.75, 3.05) is 6.54 Å². The minimum Gasteiger partial charge on any atom is -0.434 e. The van der Waals surface area contributed by atoms with Crippen LogP contribution in [0.3, 0.4) is 0 Å². The minimum absolute atomic E-state index is 0.0294. The third kappa shape index (κ3) is 3.57. The van der Waals surface area contributed by atoms with Gasteiger partial charge in [-0.2, -0.15) is 13.8 Å². The molecule has 2 heterocycles. The summed E-state index contributed by atoms with van der Waals surface area (Å²) in [6, 6.07) is 14.8. The third-order valence-corrected chi connectivity index (χ3v) is 4.38. The molecule has 1 aliphatic rings.